The van der Waals surface area contributed by atoms with E-state index in [0.29, 0.717) is 33.8 Å². The van der Waals surface area contributed by atoms with Gasteiger partial charge in [0.15, 0.2) is 5.03 Å². The average molecular weight is 1020 g/mol. The van der Waals surface area contributed by atoms with E-state index in [1.807, 2.05) is 90.7 Å². The zero-order chi connectivity index (χ0) is 52.7. The molecular formula is C47H60F2N14O6S2. The standard InChI is InChI=1S/C20H25FN6O3S.C14H19N5O3S.C13H16FN3/c1-12(2)15-8-14(21)9-16(17-10-22-11-26(17)5)19(15)23-20(28)25-31(29,30)18-6-7-27(24-18)13(3)4;1-11(2)19-10-7-13(15-19)23(21,22)16-14(20)18-8-5-12(6-9-18)17(3)4;1-8(2)10-4-9(14)5-11(13(10)15)12-6-16-7-17(12)3/h6-13H,1-5H3,(H2,23,25,28);5-11H,1-4H3;4-8H,15H2,1-3H3. The summed E-state index contributed by atoms with van der Waals surface area (Å²) in [5.41, 5.74) is 11.8. The van der Waals surface area contributed by atoms with Crippen molar-refractivity contribution in [1.82, 2.24) is 43.4 Å². The Balaban J connectivity index is 0.000000207. The van der Waals surface area contributed by atoms with E-state index in [1.165, 1.54) is 76.7 Å². The van der Waals surface area contributed by atoms with Crippen LogP contribution in [0, 0.1) is 11.6 Å². The predicted molar refractivity (Wildman–Crippen MR) is 265 cm³/mol. The lowest BCUT2D eigenvalue weighted by atomic mass is 9.96. The van der Waals surface area contributed by atoms with Crippen LogP contribution in [0.4, 0.5) is 30.6 Å². The maximum atomic E-state index is 14.3. The van der Waals surface area contributed by atoms with Crippen LogP contribution in [-0.4, -0.2) is 81.6 Å². The summed E-state index contributed by atoms with van der Waals surface area (Å²) in [5.74, 6) is -0.689. The Kier molecular flexibility index (Phi) is 17.3. The topological polar surface area (TPSA) is 249 Å². The smallest absolute Gasteiger partial charge is 0.388 e. The molecule has 0 atom stereocenters. The number of hydrogen-bond donors (Lipinski definition) is 3. The van der Waals surface area contributed by atoms with Gasteiger partial charge in [-0.3, -0.25) is 9.36 Å². The van der Waals surface area contributed by atoms with Crippen LogP contribution in [0.15, 0.2) is 113 Å². The highest BCUT2D eigenvalue weighted by molar-refractivity contribution is 7.90. The molecule has 0 unspecified atom stereocenters. The summed E-state index contributed by atoms with van der Waals surface area (Å²) in [6, 6.07) is 9.68. The first-order chi connectivity index (χ1) is 33.2. The van der Waals surface area contributed by atoms with Crippen molar-refractivity contribution in [2.75, 3.05) is 30.0 Å². The Morgan fingerprint density at radius 2 is 1.23 bits per heavy atom. The number of aromatic nitrogens is 9. The normalized spacial score (nSPS) is 11.9. The fourth-order valence-electron chi connectivity index (χ4n) is 6.84. The predicted octanol–water partition coefficient (Wildman–Crippen LogP) is 6.34. The lowest BCUT2D eigenvalue weighted by Gasteiger charge is -2.19. The van der Waals surface area contributed by atoms with Crippen molar-refractivity contribution in [2.45, 2.75) is 89.4 Å². The van der Waals surface area contributed by atoms with Gasteiger partial charge in [-0.2, -0.15) is 27.0 Å². The molecule has 0 radical (unpaired) electrons. The van der Waals surface area contributed by atoms with Crippen molar-refractivity contribution in [1.29, 1.82) is 0 Å². The summed E-state index contributed by atoms with van der Waals surface area (Å²) in [7, 11) is -1.00. The number of urea groups is 1. The average Bonchev–Trinajstić information content (AvgIpc) is 4.14. The van der Waals surface area contributed by atoms with E-state index < -0.39 is 37.9 Å². The Morgan fingerprint density at radius 3 is 1.69 bits per heavy atom. The van der Waals surface area contributed by atoms with Crippen LogP contribution in [0.25, 0.3) is 22.5 Å². The number of carbonyl (C=O) groups is 1. The molecule has 5 aromatic heterocycles. The van der Waals surface area contributed by atoms with Gasteiger partial charge in [0.2, 0.25) is 5.03 Å². The minimum absolute atomic E-state index is 0.0163. The van der Waals surface area contributed by atoms with Crippen LogP contribution in [0.5, 0.6) is 0 Å². The highest BCUT2D eigenvalue weighted by Gasteiger charge is 2.26. The number of aryl methyl sites for hydroxylation is 2. The molecule has 5 heterocycles. The van der Waals surface area contributed by atoms with Gasteiger partial charge >= 0.3 is 16.1 Å². The molecule has 20 nitrogen and oxygen atoms in total. The molecule has 380 valence electrons. The molecule has 2 aromatic carbocycles. The Bertz CT molecular complexity index is 3230. The summed E-state index contributed by atoms with van der Waals surface area (Å²) >= 11 is 0. The molecule has 0 fully saturated rings. The van der Waals surface area contributed by atoms with Crippen molar-refractivity contribution in [2.24, 2.45) is 18.5 Å². The van der Waals surface area contributed by atoms with Crippen molar-refractivity contribution in [3.05, 3.63) is 121 Å². The second kappa shape index (κ2) is 22.5. The molecule has 0 aliphatic rings. The molecule has 0 bridgehead atoms. The van der Waals surface area contributed by atoms with Gasteiger partial charge in [-0.15, -0.1) is 0 Å². The molecule has 0 aliphatic heterocycles. The lowest BCUT2D eigenvalue weighted by molar-refractivity contribution is -0.613. The van der Waals surface area contributed by atoms with Crippen molar-refractivity contribution in [3.63, 3.8) is 0 Å². The van der Waals surface area contributed by atoms with Gasteiger partial charge in [-0.25, -0.2) is 32.8 Å². The third kappa shape index (κ3) is 13.4. The van der Waals surface area contributed by atoms with Gasteiger partial charge in [0.1, 0.15) is 11.6 Å². The van der Waals surface area contributed by atoms with Crippen LogP contribution in [0.2, 0.25) is 0 Å². The number of nitrogens with two attached hydrogens (primary N) is 1. The van der Waals surface area contributed by atoms with Gasteiger partial charge in [-0.05, 0) is 87.1 Å². The summed E-state index contributed by atoms with van der Waals surface area (Å²) < 4.78 is 90.2. The number of amides is 2. The third-order valence-corrected chi connectivity index (χ3v) is 13.1. The number of nitrogen functional groups attached to an aromatic ring is 1. The van der Waals surface area contributed by atoms with E-state index in [2.05, 4.69) is 29.9 Å². The van der Waals surface area contributed by atoms with Crippen LogP contribution >= 0.6 is 0 Å². The number of anilines is 3. The van der Waals surface area contributed by atoms with Crippen LogP contribution < -0.4 is 30.3 Å². The largest absolute Gasteiger partial charge is 0.806 e. The summed E-state index contributed by atoms with van der Waals surface area (Å²) in [5, 5.41) is 22.0. The minimum Gasteiger partial charge on any atom is -0.806 e. The Morgan fingerprint density at radius 1 is 0.746 bits per heavy atom. The monoisotopic (exact) mass is 1020 g/mol. The Hall–Kier alpha value is -7.47. The summed E-state index contributed by atoms with van der Waals surface area (Å²) in [4.78, 5) is 22.6. The molecule has 0 saturated carbocycles. The van der Waals surface area contributed by atoms with Crippen molar-refractivity contribution >= 4 is 49.2 Å². The van der Waals surface area contributed by atoms with Crippen molar-refractivity contribution in [3.8, 4) is 22.5 Å². The van der Waals surface area contributed by atoms with Crippen LogP contribution in [-0.2, 0) is 34.1 Å². The van der Waals surface area contributed by atoms with E-state index in [4.69, 9.17) is 5.73 Å². The minimum atomic E-state index is -4.19. The van der Waals surface area contributed by atoms with Crippen LogP contribution in [0.3, 0.4) is 0 Å². The number of hydrogen-bond acceptors (Lipinski definition) is 12. The van der Waals surface area contributed by atoms with E-state index in [-0.39, 0.29) is 39.8 Å². The molecule has 0 aliphatic carbocycles. The van der Waals surface area contributed by atoms with Crippen LogP contribution in [0.1, 0.15) is 90.4 Å². The number of nitrogens with zero attached hydrogens (tertiary/aromatic N) is 11. The third-order valence-electron chi connectivity index (χ3n) is 10.7. The quantitative estimate of drug-likeness (QED) is 0.0525. The first-order valence-corrected chi connectivity index (χ1v) is 25.1. The Labute approximate surface area is 412 Å². The number of halogens is 2. The first kappa shape index (κ1) is 54.5. The summed E-state index contributed by atoms with van der Waals surface area (Å²) in [6.45, 7) is 15.1. The molecule has 71 heavy (non-hydrogen) atoms. The summed E-state index contributed by atoms with van der Waals surface area (Å²) in [6.07, 6.45) is 12.4. The molecule has 7 aromatic rings. The van der Waals surface area contributed by atoms with E-state index in [1.54, 1.807) is 42.6 Å². The number of carbonyl (C=O) groups excluding carboxylic acids is 1. The fourth-order valence-corrected chi connectivity index (χ4v) is 8.50. The zero-order valence-corrected chi connectivity index (χ0v) is 43.2. The second-order valence-corrected chi connectivity index (χ2v) is 20.9. The number of rotatable bonds is 12. The van der Waals surface area contributed by atoms with Gasteiger partial charge < -0.3 is 30.2 Å². The maximum Gasteiger partial charge on any atom is 0.388 e. The number of nitrogens with one attached hydrogen (secondary N) is 2. The highest BCUT2D eigenvalue weighted by atomic mass is 32.2. The van der Waals surface area contributed by atoms with E-state index >= 15 is 0 Å². The number of pyridine rings is 1. The molecule has 0 saturated heterocycles. The molecule has 7 rings (SSSR count). The molecular weight excluding hydrogens is 959 g/mol. The lowest BCUT2D eigenvalue weighted by Crippen LogP contribution is -2.51. The highest BCUT2D eigenvalue weighted by Crippen LogP contribution is 2.36. The molecule has 0 spiro atoms. The molecule has 24 heteroatoms. The second-order valence-electron chi connectivity index (χ2n) is 17.7. The number of sulfonamides is 2. The number of imidazole rings is 2. The SMILES string of the molecule is CC(C)c1cc(F)cc(-c2cncn2C)c1N.CC(C)c1cc(F)cc(-c2cncn2C)c1NC(=O)NS(=O)(=O)c1ccn(C(C)C)n1.CC(C)n1ccc(S(=O)(=O)N=C([O-])[n+]2ccc(N(C)C)cc2)n1. The first-order valence-electron chi connectivity index (χ1n) is 22.2. The van der Waals surface area contributed by atoms with Gasteiger partial charge in [0.25, 0.3) is 16.0 Å². The maximum absolute atomic E-state index is 14.3. The molecule has 4 N–H and O–H groups in total. The van der Waals surface area contributed by atoms with E-state index in [0.717, 1.165) is 21.5 Å². The molecule has 2 amide bonds. The zero-order valence-electron chi connectivity index (χ0n) is 41.6. The van der Waals surface area contributed by atoms with Gasteiger partial charge in [-0.1, -0.05) is 27.7 Å². The fraction of sp³-hybridized carbons (Fsp3) is 0.340. The van der Waals surface area contributed by atoms with Crippen molar-refractivity contribution < 1.29 is 40.1 Å². The van der Waals surface area contributed by atoms with E-state index in [9.17, 15) is 35.5 Å². The van der Waals surface area contributed by atoms with Gasteiger partial charge in [0, 0.05) is 91.7 Å². The van der Waals surface area contributed by atoms with Gasteiger partial charge in [0.05, 0.1) is 54.5 Å². The number of benzene rings is 2.